The first kappa shape index (κ1) is 17.0. The van der Waals surface area contributed by atoms with E-state index in [9.17, 15) is 9.90 Å². The van der Waals surface area contributed by atoms with E-state index in [1.54, 1.807) is 0 Å². The number of β-amino-alcohol motifs (C(OH)–C–C–N with tert-alkyl or cyclic N) is 1. The van der Waals surface area contributed by atoms with Crippen molar-refractivity contribution < 1.29 is 9.90 Å². The van der Waals surface area contributed by atoms with Crippen LogP contribution in [0.3, 0.4) is 0 Å². The summed E-state index contributed by atoms with van der Waals surface area (Å²) in [6, 6.07) is 8.22. The van der Waals surface area contributed by atoms with Crippen molar-refractivity contribution in [3.8, 4) is 0 Å². The van der Waals surface area contributed by atoms with Gasteiger partial charge in [0.05, 0.1) is 11.5 Å². The summed E-state index contributed by atoms with van der Waals surface area (Å²) in [5.74, 6) is 0.657. The van der Waals surface area contributed by atoms with Crippen molar-refractivity contribution in [1.29, 1.82) is 0 Å². The van der Waals surface area contributed by atoms with E-state index >= 15 is 0 Å². The third-order valence-corrected chi connectivity index (χ3v) is 6.58. The van der Waals surface area contributed by atoms with E-state index in [0.717, 1.165) is 64.1 Å². The monoisotopic (exact) mass is 343 g/mol. The van der Waals surface area contributed by atoms with E-state index in [1.807, 2.05) is 24.1 Å². The zero-order valence-corrected chi connectivity index (χ0v) is 15.1. The Balaban J connectivity index is 1.42. The molecule has 25 heavy (non-hydrogen) atoms. The molecule has 3 aliphatic heterocycles. The molecule has 0 bridgehead atoms. The number of likely N-dealkylation sites (N-methyl/N-ethyl adjacent to an activating group) is 1. The zero-order valence-electron chi connectivity index (χ0n) is 15.1. The van der Waals surface area contributed by atoms with Gasteiger partial charge in [-0.05, 0) is 69.4 Å². The lowest BCUT2D eigenvalue weighted by atomic mass is 9.73. The Hall–Kier alpha value is -1.43. The van der Waals surface area contributed by atoms with E-state index in [-0.39, 0.29) is 17.4 Å². The number of aliphatic hydroxyl groups excluding tert-OH is 1. The Morgan fingerprint density at radius 1 is 1.24 bits per heavy atom. The number of amides is 1. The lowest BCUT2D eigenvalue weighted by molar-refractivity contribution is -0.124. The minimum atomic E-state index is -0.346. The van der Waals surface area contributed by atoms with E-state index in [1.165, 1.54) is 5.56 Å². The van der Waals surface area contributed by atoms with Crippen molar-refractivity contribution in [3.05, 3.63) is 29.8 Å². The van der Waals surface area contributed by atoms with Gasteiger partial charge in [-0.2, -0.15) is 0 Å². The molecule has 0 radical (unpaired) electrons. The Morgan fingerprint density at radius 2 is 1.92 bits per heavy atom. The van der Waals surface area contributed by atoms with Gasteiger partial charge in [-0.15, -0.1) is 0 Å². The van der Waals surface area contributed by atoms with Crippen LogP contribution in [0.5, 0.6) is 0 Å². The quantitative estimate of drug-likeness (QED) is 0.870. The van der Waals surface area contributed by atoms with Crippen LogP contribution in [0, 0.1) is 5.92 Å². The normalized spacial score (nSPS) is 25.4. The van der Waals surface area contributed by atoms with E-state index in [2.05, 4.69) is 22.3 Å². The summed E-state index contributed by atoms with van der Waals surface area (Å²) in [5.41, 5.74) is 1.92. The zero-order chi connectivity index (χ0) is 17.4. The molecule has 2 fully saturated rings. The number of nitrogens with one attached hydrogen (secondary N) is 1. The number of rotatable bonds is 3. The highest BCUT2D eigenvalue weighted by molar-refractivity contribution is 6.07. The van der Waals surface area contributed by atoms with Gasteiger partial charge in [-0.1, -0.05) is 18.2 Å². The van der Waals surface area contributed by atoms with Crippen LogP contribution in [-0.2, 0) is 10.2 Å². The van der Waals surface area contributed by atoms with Crippen molar-refractivity contribution in [1.82, 2.24) is 10.2 Å². The second kappa shape index (κ2) is 6.71. The standard InChI is InChI=1S/C20H29N3O2/c1-22-17-5-3-2-4-16(17)20(19(22)25)8-12-23(13-9-20)14-18(24)15-6-10-21-11-7-15/h2-5,15,18,21,24H,6-14H2,1H3. The molecule has 3 heterocycles. The SMILES string of the molecule is CN1C(=O)C2(CCN(CC(O)C3CCNCC3)CC2)c2ccccc21. The minimum Gasteiger partial charge on any atom is -0.392 e. The Bertz CT molecular complexity index is 634. The summed E-state index contributed by atoms with van der Waals surface area (Å²) in [5, 5.41) is 13.9. The van der Waals surface area contributed by atoms with Gasteiger partial charge in [0.2, 0.25) is 5.91 Å². The topological polar surface area (TPSA) is 55.8 Å². The van der Waals surface area contributed by atoms with Gasteiger partial charge < -0.3 is 20.2 Å². The summed E-state index contributed by atoms with van der Waals surface area (Å²) in [7, 11) is 1.89. The van der Waals surface area contributed by atoms with Crippen molar-refractivity contribution in [2.24, 2.45) is 5.92 Å². The molecule has 5 heteroatoms. The molecule has 2 saturated heterocycles. The fourth-order valence-electron chi connectivity index (χ4n) is 4.96. The summed E-state index contributed by atoms with van der Waals surface area (Å²) >= 11 is 0. The van der Waals surface area contributed by atoms with Crippen molar-refractivity contribution in [2.45, 2.75) is 37.2 Å². The molecule has 0 aromatic heterocycles. The largest absolute Gasteiger partial charge is 0.392 e. The lowest BCUT2D eigenvalue weighted by Gasteiger charge is -2.40. The predicted octanol–water partition coefficient (Wildman–Crippen LogP) is 1.36. The van der Waals surface area contributed by atoms with Crippen LogP contribution in [0.15, 0.2) is 24.3 Å². The number of aliphatic hydroxyl groups is 1. The molecule has 1 aromatic carbocycles. The Morgan fingerprint density at radius 3 is 2.64 bits per heavy atom. The maximum atomic E-state index is 13.0. The van der Waals surface area contributed by atoms with E-state index in [4.69, 9.17) is 0 Å². The van der Waals surface area contributed by atoms with Crippen molar-refractivity contribution in [2.75, 3.05) is 44.7 Å². The fourth-order valence-corrected chi connectivity index (χ4v) is 4.96. The van der Waals surface area contributed by atoms with E-state index < -0.39 is 0 Å². The van der Waals surface area contributed by atoms with Gasteiger partial charge >= 0.3 is 0 Å². The van der Waals surface area contributed by atoms with Crippen molar-refractivity contribution in [3.63, 3.8) is 0 Å². The molecule has 1 aromatic rings. The summed E-state index contributed by atoms with van der Waals surface area (Å²) in [4.78, 5) is 17.1. The van der Waals surface area contributed by atoms with Crippen LogP contribution in [0.2, 0.25) is 0 Å². The number of anilines is 1. The molecular weight excluding hydrogens is 314 g/mol. The molecule has 1 amide bonds. The number of carbonyl (C=O) groups excluding carboxylic acids is 1. The van der Waals surface area contributed by atoms with Crippen LogP contribution in [0.4, 0.5) is 5.69 Å². The Labute approximate surface area is 150 Å². The fraction of sp³-hybridized carbons (Fsp3) is 0.650. The van der Waals surface area contributed by atoms with Gasteiger partial charge in [0.15, 0.2) is 0 Å². The molecule has 5 nitrogen and oxygen atoms in total. The van der Waals surface area contributed by atoms with E-state index in [0.29, 0.717) is 5.92 Å². The van der Waals surface area contributed by atoms with Gasteiger partial charge in [-0.25, -0.2) is 0 Å². The third-order valence-electron chi connectivity index (χ3n) is 6.58. The smallest absolute Gasteiger partial charge is 0.237 e. The predicted molar refractivity (Wildman–Crippen MR) is 98.8 cm³/mol. The second-order valence-electron chi connectivity index (χ2n) is 7.92. The molecule has 1 spiro atoms. The number of hydrogen-bond donors (Lipinski definition) is 2. The van der Waals surface area contributed by atoms with Gasteiger partial charge in [0.1, 0.15) is 0 Å². The van der Waals surface area contributed by atoms with Crippen LogP contribution < -0.4 is 10.2 Å². The number of benzene rings is 1. The first-order valence-electron chi connectivity index (χ1n) is 9.61. The molecule has 0 saturated carbocycles. The average Bonchev–Trinajstić information content (AvgIpc) is 2.87. The minimum absolute atomic E-state index is 0.243. The number of para-hydroxylation sites is 1. The van der Waals surface area contributed by atoms with Gasteiger partial charge in [0.25, 0.3) is 0 Å². The molecule has 4 rings (SSSR count). The molecule has 1 atom stereocenters. The first-order valence-corrected chi connectivity index (χ1v) is 9.61. The highest BCUT2D eigenvalue weighted by atomic mass is 16.3. The third kappa shape index (κ3) is 2.88. The Kier molecular flexibility index (Phi) is 4.56. The average molecular weight is 343 g/mol. The molecule has 3 aliphatic rings. The first-order chi connectivity index (χ1) is 12.1. The van der Waals surface area contributed by atoms with Crippen LogP contribution in [0.1, 0.15) is 31.2 Å². The highest BCUT2D eigenvalue weighted by Gasteiger charge is 2.50. The number of fused-ring (bicyclic) bond motifs is 2. The van der Waals surface area contributed by atoms with Crippen LogP contribution in [0.25, 0.3) is 0 Å². The summed E-state index contributed by atoms with van der Waals surface area (Å²) < 4.78 is 0. The summed E-state index contributed by atoms with van der Waals surface area (Å²) in [6.07, 6.45) is 3.59. The molecule has 1 unspecified atom stereocenters. The molecule has 2 N–H and O–H groups in total. The second-order valence-corrected chi connectivity index (χ2v) is 7.92. The maximum absolute atomic E-state index is 13.0. The van der Waals surface area contributed by atoms with Gasteiger partial charge in [-0.3, -0.25) is 4.79 Å². The van der Waals surface area contributed by atoms with Crippen LogP contribution >= 0.6 is 0 Å². The highest BCUT2D eigenvalue weighted by Crippen LogP contribution is 2.47. The number of carbonyl (C=O) groups is 1. The van der Waals surface area contributed by atoms with Crippen LogP contribution in [-0.4, -0.2) is 61.8 Å². The summed E-state index contributed by atoms with van der Waals surface area (Å²) in [6.45, 7) is 4.54. The lowest BCUT2D eigenvalue weighted by Crippen LogP contribution is -2.50. The molecule has 0 aliphatic carbocycles. The molecular formula is C20H29N3O2. The maximum Gasteiger partial charge on any atom is 0.237 e. The van der Waals surface area contributed by atoms with Crippen molar-refractivity contribution >= 4 is 11.6 Å². The number of hydrogen-bond acceptors (Lipinski definition) is 4. The number of piperidine rings is 2. The van der Waals surface area contributed by atoms with Gasteiger partial charge in [0, 0.05) is 19.3 Å². The number of likely N-dealkylation sites (tertiary alicyclic amines) is 1. The molecule has 136 valence electrons. The number of nitrogens with zero attached hydrogens (tertiary/aromatic N) is 2.